The highest BCUT2D eigenvalue weighted by molar-refractivity contribution is 5.78. The second kappa shape index (κ2) is 7.88. The molecular formula is C27H42N2O2. The first-order valence-electron chi connectivity index (χ1n) is 12.3. The third kappa shape index (κ3) is 3.64. The molecule has 31 heavy (non-hydrogen) atoms. The van der Waals surface area contributed by atoms with Gasteiger partial charge in [-0.2, -0.15) is 0 Å². The monoisotopic (exact) mass is 426 g/mol. The highest BCUT2D eigenvalue weighted by Gasteiger charge is 2.61. The van der Waals surface area contributed by atoms with E-state index in [1.807, 2.05) is 0 Å². The van der Waals surface area contributed by atoms with Gasteiger partial charge in [0.15, 0.2) is 0 Å². The smallest absolute Gasteiger partial charge is 0.328 e. The molecule has 0 amide bonds. The summed E-state index contributed by atoms with van der Waals surface area (Å²) in [6.45, 7) is 12.8. The quantitative estimate of drug-likeness (QED) is 0.512. The van der Waals surface area contributed by atoms with Gasteiger partial charge in [0.2, 0.25) is 0 Å². The van der Waals surface area contributed by atoms with Crippen molar-refractivity contribution in [3.8, 4) is 5.75 Å². The normalized spacial score (nSPS) is 34.4. The summed E-state index contributed by atoms with van der Waals surface area (Å²) in [5.74, 6) is 1.75. The van der Waals surface area contributed by atoms with Gasteiger partial charge in [0.25, 0.3) is 0 Å². The van der Waals surface area contributed by atoms with Gasteiger partial charge in [-0.15, -0.1) is 0 Å². The Morgan fingerprint density at radius 2 is 1.90 bits per heavy atom. The zero-order chi connectivity index (χ0) is 22.6. The van der Waals surface area contributed by atoms with E-state index in [-0.39, 0.29) is 11.4 Å². The van der Waals surface area contributed by atoms with E-state index in [0.29, 0.717) is 35.5 Å². The molecule has 0 radical (unpaired) electrons. The van der Waals surface area contributed by atoms with E-state index >= 15 is 0 Å². The number of aryl methyl sites for hydroxylation is 1. The Kier molecular flexibility index (Phi) is 5.79. The summed E-state index contributed by atoms with van der Waals surface area (Å²) in [7, 11) is 0. The van der Waals surface area contributed by atoms with E-state index in [9.17, 15) is 4.79 Å². The molecule has 0 aliphatic heterocycles. The summed E-state index contributed by atoms with van der Waals surface area (Å²) in [5, 5.41) is 0. The molecular weight excluding hydrogens is 384 g/mol. The van der Waals surface area contributed by atoms with Gasteiger partial charge in [0, 0.05) is 0 Å². The number of benzene rings is 1. The molecule has 172 valence electrons. The standard InChI is InChI=1S/C27H42N2O2/c1-17-14-19(31-24(30)20(29)8-6-13-28)15-18-16-22-26(4)11-7-10-25(2,3)21(26)9-12-27(22,5)23(17)18/h14-15,20-22H,6-13,16,28-29H2,1-5H3/t20?,21-,22?,26?,27?/m0/s1. The molecule has 2 saturated carbocycles. The van der Waals surface area contributed by atoms with Gasteiger partial charge in [0.05, 0.1) is 0 Å². The number of rotatable bonds is 5. The van der Waals surface area contributed by atoms with Gasteiger partial charge < -0.3 is 16.2 Å². The number of carbonyl (C=O) groups excluding carboxylic acids is 1. The Balaban J connectivity index is 1.63. The van der Waals surface area contributed by atoms with E-state index in [0.717, 1.165) is 18.8 Å². The molecule has 4 rings (SSSR count). The predicted molar refractivity (Wildman–Crippen MR) is 126 cm³/mol. The number of esters is 1. The first-order chi connectivity index (χ1) is 14.5. The van der Waals surface area contributed by atoms with Crippen LogP contribution in [0.15, 0.2) is 12.1 Å². The first-order valence-corrected chi connectivity index (χ1v) is 12.3. The van der Waals surface area contributed by atoms with Crippen molar-refractivity contribution in [2.75, 3.05) is 6.54 Å². The lowest BCUT2D eigenvalue weighted by atomic mass is 9.43. The third-order valence-electron chi connectivity index (χ3n) is 9.42. The van der Waals surface area contributed by atoms with Crippen molar-refractivity contribution in [3.63, 3.8) is 0 Å². The van der Waals surface area contributed by atoms with Gasteiger partial charge in [0.1, 0.15) is 11.8 Å². The van der Waals surface area contributed by atoms with Crippen LogP contribution in [0.4, 0.5) is 0 Å². The molecule has 0 bridgehead atoms. The number of ether oxygens (including phenoxy) is 1. The van der Waals surface area contributed by atoms with Crippen LogP contribution in [-0.2, 0) is 16.6 Å². The highest BCUT2D eigenvalue weighted by atomic mass is 16.5. The van der Waals surface area contributed by atoms with Gasteiger partial charge >= 0.3 is 5.97 Å². The Morgan fingerprint density at radius 1 is 1.16 bits per heavy atom. The number of carbonyl (C=O) groups is 1. The lowest BCUT2D eigenvalue weighted by Gasteiger charge is -2.61. The molecule has 0 aromatic heterocycles. The van der Waals surface area contributed by atoms with E-state index in [4.69, 9.17) is 16.2 Å². The van der Waals surface area contributed by atoms with Crippen LogP contribution in [0.3, 0.4) is 0 Å². The summed E-state index contributed by atoms with van der Waals surface area (Å²) in [6.07, 6.45) is 9.01. The molecule has 3 aliphatic carbocycles. The molecule has 3 aliphatic rings. The average Bonchev–Trinajstić information content (AvgIpc) is 2.99. The zero-order valence-corrected chi connectivity index (χ0v) is 20.2. The van der Waals surface area contributed by atoms with Gasteiger partial charge in [-0.3, -0.25) is 0 Å². The summed E-state index contributed by atoms with van der Waals surface area (Å²) in [6, 6.07) is 3.58. The number of fused-ring (bicyclic) bond motifs is 5. The summed E-state index contributed by atoms with van der Waals surface area (Å²) in [4.78, 5) is 12.5. The van der Waals surface area contributed by atoms with Crippen LogP contribution >= 0.6 is 0 Å². The third-order valence-corrected chi connectivity index (χ3v) is 9.42. The number of nitrogens with two attached hydrogens (primary N) is 2. The molecule has 0 spiro atoms. The molecule has 2 fully saturated rings. The van der Waals surface area contributed by atoms with Crippen molar-refractivity contribution in [2.24, 2.45) is 34.1 Å². The van der Waals surface area contributed by atoms with E-state index < -0.39 is 6.04 Å². The highest BCUT2D eigenvalue weighted by Crippen LogP contribution is 2.67. The summed E-state index contributed by atoms with van der Waals surface area (Å²) >= 11 is 0. The van der Waals surface area contributed by atoms with Gasteiger partial charge in [-0.05, 0) is 115 Å². The molecule has 4 unspecified atom stereocenters. The summed E-state index contributed by atoms with van der Waals surface area (Å²) in [5.41, 5.74) is 16.7. The van der Waals surface area contributed by atoms with Gasteiger partial charge in [-0.25, -0.2) is 4.79 Å². The van der Waals surface area contributed by atoms with Crippen molar-refractivity contribution in [2.45, 2.75) is 97.4 Å². The largest absolute Gasteiger partial charge is 0.425 e. The van der Waals surface area contributed by atoms with Crippen molar-refractivity contribution in [1.82, 2.24) is 0 Å². The van der Waals surface area contributed by atoms with Crippen molar-refractivity contribution in [1.29, 1.82) is 0 Å². The van der Waals surface area contributed by atoms with Crippen LogP contribution < -0.4 is 16.2 Å². The fourth-order valence-corrected chi connectivity index (χ4v) is 8.14. The second-order valence-corrected chi connectivity index (χ2v) is 11.8. The molecule has 1 aromatic carbocycles. The average molecular weight is 427 g/mol. The van der Waals surface area contributed by atoms with Crippen molar-refractivity contribution >= 4 is 5.97 Å². The minimum Gasteiger partial charge on any atom is -0.425 e. The fraction of sp³-hybridized carbons (Fsp3) is 0.741. The maximum atomic E-state index is 12.5. The lowest BCUT2D eigenvalue weighted by Crippen LogP contribution is -2.55. The van der Waals surface area contributed by atoms with E-state index in [2.05, 4.69) is 46.8 Å². The molecule has 4 heteroatoms. The zero-order valence-electron chi connectivity index (χ0n) is 20.2. The summed E-state index contributed by atoms with van der Waals surface area (Å²) < 4.78 is 5.73. The van der Waals surface area contributed by atoms with Crippen molar-refractivity contribution in [3.05, 3.63) is 28.8 Å². The predicted octanol–water partition coefficient (Wildman–Crippen LogP) is 5.02. The molecule has 0 saturated heterocycles. The minimum atomic E-state index is -0.610. The Morgan fingerprint density at radius 3 is 2.61 bits per heavy atom. The number of hydrogen-bond acceptors (Lipinski definition) is 4. The van der Waals surface area contributed by atoms with E-state index in [1.54, 1.807) is 0 Å². The molecule has 5 atom stereocenters. The first kappa shape index (κ1) is 22.8. The Hall–Kier alpha value is -1.39. The maximum absolute atomic E-state index is 12.5. The number of hydrogen-bond donors (Lipinski definition) is 2. The molecule has 0 heterocycles. The second-order valence-electron chi connectivity index (χ2n) is 11.8. The van der Waals surface area contributed by atoms with Crippen LogP contribution in [0.5, 0.6) is 5.75 Å². The SMILES string of the molecule is Cc1cc(OC(=O)C(N)CCCN)cc2c1C1(C)CC[C@H]3C(C)(C)CCCC3(C)C1C2. The van der Waals surface area contributed by atoms with Crippen molar-refractivity contribution < 1.29 is 9.53 Å². The van der Waals surface area contributed by atoms with E-state index in [1.165, 1.54) is 48.8 Å². The van der Waals surface area contributed by atoms with Crippen LogP contribution in [0.25, 0.3) is 0 Å². The topological polar surface area (TPSA) is 78.3 Å². The maximum Gasteiger partial charge on any atom is 0.328 e. The van der Waals surface area contributed by atoms with Gasteiger partial charge in [-0.1, -0.05) is 34.1 Å². The van der Waals surface area contributed by atoms with Crippen LogP contribution in [0.1, 0.15) is 89.3 Å². The van der Waals surface area contributed by atoms with Crippen LogP contribution in [-0.4, -0.2) is 18.6 Å². The van der Waals surface area contributed by atoms with Crippen LogP contribution in [0, 0.1) is 29.6 Å². The lowest BCUT2D eigenvalue weighted by molar-refractivity contribution is -0.136. The molecule has 4 N–H and O–H groups in total. The Bertz CT molecular complexity index is 863. The fourth-order valence-electron chi connectivity index (χ4n) is 8.14. The molecule has 1 aromatic rings. The Labute approximate surface area is 188 Å². The molecule has 4 nitrogen and oxygen atoms in total. The van der Waals surface area contributed by atoms with Crippen LogP contribution in [0.2, 0.25) is 0 Å². The minimum absolute atomic E-state index is 0.220.